The molecule has 0 aromatic heterocycles. The second kappa shape index (κ2) is 15.9. The fourth-order valence-electron chi connectivity index (χ4n) is 2.86. The summed E-state index contributed by atoms with van der Waals surface area (Å²) in [6.45, 7) is 7.75. The Balaban J connectivity index is -0.000000537. The standard InChI is InChI=1S/2C8H9F5O3.2C2H5O.Ti/c2*1-3-6(4(2)14,5(15)16)7(9,10)8(11,12)13;2*1-2-3;/h2*3H2,1-2H3,(H,15,16);2*2H2,1H3;/q;;2*-1;+4/p-2. The molecule has 0 aromatic rings. The summed E-state index contributed by atoms with van der Waals surface area (Å²) in [4.78, 5) is 42.6. The monoisotopic (exact) mass is 632 g/mol. The molecule has 2 atom stereocenters. The number of aliphatic carboxylic acids is 2. The van der Waals surface area contributed by atoms with Gasteiger partial charge in [0.05, 0.1) is 11.9 Å². The Labute approximate surface area is 226 Å². The maximum atomic E-state index is 13.0. The minimum atomic E-state index is -6.13. The molecular weight excluding hydrogens is 606 g/mol. The molecule has 0 aliphatic rings. The van der Waals surface area contributed by atoms with Crippen LogP contribution in [-0.2, 0) is 45.7 Å². The number of Topliss-reactive ketones (excluding diaryl/α,β-unsaturated/α-hetero) is 2. The van der Waals surface area contributed by atoms with Gasteiger partial charge in [-0.1, -0.05) is 13.8 Å². The molecule has 0 saturated heterocycles. The van der Waals surface area contributed by atoms with E-state index < -0.39 is 91.3 Å². The van der Waals surface area contributed by atoms with Gasteiger partial charge in [-0.25, -0.2) is 0 Å². The number of ketones is 2. The molecule has 0 radical (unpaired) electrons. The van der Waals surface area contributed by atoms with Crippen LogP contribution < -0.4 is 10.2 Å². The van der Waals surface area contributed by atoms with Crippen molar-refractivity contribution in [3.05, 3.63) is 0 Å². The van der Waals surface area contributed by atoms with Crippen molar-refractivity contribution in [2.24, 2.45) is 10.8 Å². The first-order valence-corrected chi connectivity index (χ1v) is 11.9. The molecule has 0 amide bonds. The topological polar surface area (TPSA) is 133 Å². The van der Waals surface area contributed by atoms with Crippen LogP contribution in [0.1, 0.15) is 54.4 Å². The van der Waals surface area contributed by atoms with Crippen LogP contribution in [0, 0.1) is 10.8 Å². The molecule has 19 heteroatoms. The number of hydrogen-bond acceptors (Lipinski definition) is 8. The molecule has 0 rings (SSSR count). The number of rotatable bonds is 12. The minimum absolute atomic E-state index is 0.360. The van der Waals surface area contributed by atoms with E-state index in [0.29, 0.717) is 13.8 Å². The van der Waals surface area contributed by atoms with Crippen molar-refractivity contribution in [2.45, 2.75) is 78.6 Å². The first-order chi connectivity index (χ1) is 17.3. The second-order valence-corrected chi connectivity index (χ2v) is 8.46. The van der Waals surface area contributed by atoms with E-state index in [-0.39, 0.29) is 0 Å². The van der Waals surface area contributed by atoms with Crippen LogP contribution in [0.2, 0.25) is 0 Å². The Hall–Kier alpha value is -1.79. The van der Waals surface area contributed by atoms with Gasteiger partial charge in [-0.15, -0.1) is 0 Å². The average molecular weight is 632 g/mol. The summed E-state index contributed by atoms with van der Waals surface area (Å²) < 4.78 is 134. The fraction of sp³-hybridized carbons (Fsp3) is 0.800. The average Bonchev–Trinajstić information content (AvgIpc) is 2.73. The first kappa shape index (κ1) is 41.7. The van der Waals surface area contributed by atoms with Crippen LogP contribution in [0.5, 0.6) is 0 Å². The van der Waals surface area contributed by atoms with Gasteiger partial charge in [0.25, 0.3) is 0 Å². The van der Waals surface area contributed by atoms with E-state index >= 15 is 0 Å². The normalized spacial score (nSPS) is 15.2. The van der Waals surface area contributed by atoms with E-state index in [1.165, 1.54) is 0 Å². The van der Waals surface area contributed by atoms with Crippen LogP contribution >= 0.6 is 0 Å². The molecule has 0 saturated carbocycles. The van der Waals surface area contributed by atoms with Gasteiger partial charge in [-0.3, -0.25) is 9.59 Å². The fourth-order valence-corrected chi connectivity index (χ4v) is 3.36. The third-order valence-corrected chi connectivity index (χ3v) is 6.42. The Morgan fingerprint density at radius 3 is 0.897 bits per heavy atom. The molecule has 2 unspecified atom stereocenters. The Morgan fingerprint density at radius 1 is 0.590 bits per heavy atom. The molecule has 0 aromatic carbocycles. The van der Waals surface area contributed by atoms with Gasteiger partial charge in [0.1, 0.15) is 22.4 Å². The predicted molar refractivity (Wildman–Crippen MR) is 102 cm³/mol. The van der Waals surface area contributed by atoms with Gasteiger partial charge in [0.2, 0.25) is 0 Å². The Morgan fingerprint density at radius 2 is 0.821 bits per heavy atom. The van der Waals surface area contributed by atoms with Gasteiger partial charge in [-0.05, 0) is 26.7 Å². The quantitative estimate of drug-likeness (QED) is 0.139. The zero-order valence-corrected chi connectivity index (χ0v) is 22.9. The number of halogens is 10. The third-order valence-electron chi connectivity index (χ3n) is 5.15. The van der Waals surface area contributed by atoms with Crippen LogP contribution in [-0.4, -0.2) is 60.9 Å². The predicted octanol–water partition coefficient (Wildman–Crippen LogP) is 2.81. The van der Waals surface area contributed by atoms with Crippen molar-refractivity contribution in [3.8, 4) is 0 Å². The number of alkyl halides is 10. The Kier molecular flexibility index (Phi) is 17.0. The second-order valence-electron chi connectivity index (χ2n) is 7.30. The summed E-state index contributed by atoms with van der Waals surface area (Å²) in [6.07, 6.45) is -14.7. The molecule has 39 heavy (non-hydrogen) atoms. The number of carbonyl (C=O) groups is 4. The Bertz CT molecular complexity index is 734. The van der Waals surface area contributed by atoms with E-state index in [0.717, 1.165) is 27.1 Å². The molecular formula is C20H26F10O8Ti. The number of hydrogen-bond donors (Lipinski definition) is 0. The SMILES string of the molecule is CCC(C(C)=O)(C(=O)[O-])C(F)(F)C(F)(F)F.CCC(C(C)=O)(C(=O)[O-])C(F)(F)C(F)(F)F.CC[O][Ti+2][O]CC. The summed E-state index contributed by atoms with van der Waals surface area (Å²) >= 11 is -0.486. The summed E-state index contributed by atoms with van der Waals surface area (Å²) in [6, 6.07) is 0. The van der Waals surface area contributed by atoms with E-state index in [2.05, 4.69) is 0 Å². The summed E-state index contributed by atoms with van der Waals surface area (Å²) in [5.74, 6) is -20.4. The number of carbonyl (C=O) groups excluding carboxylic acids is 4. The third kappa shape index (κ3) is 9.11. The van der Waals surface area contributed by atoms with Crippen molar-refractivity contribution >= 4 is 23.5 Å². The number of carboxylic acids is 2. The van der Waals surface area contributed by atoms with Gasteiger partial charge in [-0.2, -0.15) is 43.9 Å². The number of carboxylic acid groups (broad SMARTS) is 2. The van der Waals surface area contributed by atoms with Crippen LogP contribution in [0.4, 0.5) is 43.9 Å². The molecule has 228 valence electrons. The van der Waals surface area contributed by atoms with E-state index in [9.17, 15) is 73.3 Å². The van der Waals surface area contributed by atoms with Crippen molar-refractivity contribution in [1.82, 2.24) is 0 Å². The van der Waals surface area contributed by atoms with E-state index in [1.807, 2.05) is 13.8 Å². The molecule has 0 N–H and O–H groups in total. The first-order valence-electron chi connectivity index (χ1n) is 10.6. The van der Waals surface area contributed by atoms with Gasteiger partial charge in [0.15, 0.2) is 0 Å². The molecule has 0 spiro atoms. The summed E-state index contributed by atoms with van der Waals surface area (Å²) in [5.41, 5.74) is -7.74. The van der Waals surface area contributed by atoms with Crippen molar-refractivity contribution in [3.63, 3.8) is 0 Å². The molecule has 0 aliphatic carbocycles. The zero-order chi connectivity index (χ0) is 32.3. The molecule has 8 nitrogen and oxygen atoms in total. The van der Waals surface area contributed by atoms with Gasteiger partial charge >= 0.3 is 77.8 Å². The van der Waals surface area contributed by atoms with Gasteiger partial charge in [0, 0.05) is 0 Å². The molecule has 0 fully saturated rings. The maximum absolute atomic E-state index is 13.0. The molecule has 0 heterocycles. The van der Waals surface area contributed by atoms with Crippen molar-refractivity contribution in [1.29, 1.82) is 0 Å². The van der Waals surface area contributed by atoms with E-state index in [4.69, 9.17) is 6.64 Å². The van der Waals surface area contributed by atoms with Crippen LogP contribution in [0.3, 0.4) is 0 Å². The van der Waals surface area contributed by atoms with Crippen molar-refractivity contribution in [2.75, 3.05) is 13.2 Å². The molecule has 0 bridgehead atoms. The summed E-state index contributed by atoms with van der Waals surface area (Å²) in [7, 11) is 0. The van der Waals surface area contributed by atoms with E-state index in [1.54, 1.807) is 0 Å². The van der Waals surface area contributed by atoms with Crippen LogP contribution in [0.25, 0.3) is 0 Å². The van der Waals surface area contributed by atoms with Crippen LogP contribution in [0.15, 0.2) is 0 Å². The summed E-state index contributed by atoms with van der Waals surface area (Å²) in [5, 5.41) is 21.0. The van der Waals surface area contributed by atoms with Crippen molar-refractivity contribution < 1.29 is 99.9 Å². The zero-order valence-electron chi connectivity index (χ0n) is 21.4. The van der Waals surface area contributed by atoms with Gasteiger partial charge < -0.3 is 19.8 Å². The molecule has 0 aliphatic heterocycles.